The molecule has 1 fully saturated rings. The van der Waals surface area contributed by atoms with Crippen molar-refractivity contribution >= 4 is 33.4 Å². The number of nitrogens with one attached hydrogen (secondary N) is 1. The molecule has 2 aliphatic rings. The Labute approximate surface area is 197 Å². The molecule has 5 nitrogen and oxygen atoms in total. The maximum absolute atomic E-state index is 15.0. The summed E-state index contributed by atoms with van der Waals surface area (Å²) in [5.74, 6) is 0.302. The number of alkyl halides is 3. The SMILES string of the molecule is N#CC1=Cc2c(ccc(CN3CCC(Nc4ncnc5sc(CC(F)(F)F)cc45)CC3)c2F)C1. The van der Waals surface area contributed by atoms with E-state index in [0.717, 1.165) is 42.8 Å². The van der Waals surface area contributed by atoms with Crippen LogP contribution >= 0.6 is 11.3 Å². The third-order valence-electron chi connectivity index (χ3n) is 6.27. The second-order valence-electron chi connectivity index (χ2n) is 8.71. The summed E-state index contributed by atoms with van der Waals surface area (Å²) in [5.41, 5.74) is 2.57. The first kappa shape index (κ1) is 22.7. The average Bonchev–Trinajstić information content (AvgIpc) is 3.40. The second kappa shape index (κ2) is 8.96. The second-order valence-corrected chi connectivity index (χ2v) is 9.83. The van der Waals surface area contributed by atoms with E-state index in [4.69, 9.17) is 5.26 Å². The number of thiophene rings is 1. The van der Waals surface area contributed by atoms with Gasteiger partial charge < -0.3 is 5.32 Å². The van der Waals surface area contributed by atoms with Crippen LogP contribution in [0.5, 0.6) is 0 Å². The van der Waals surface area contributed by atoms with Crippen LogP contribution in [0.4, 0.5) is 23.4 Å². The van der Waals surface area contributed by atoms with Gasteiger partial charge in [-0.15, -0.1) is 11.3 Å². The topological polar surface area (TPSA) is 64.8 Å². The summed E-state index contributed by atoms with van der Waals surface area (Å²) in [4.78, 5) is 11.3. The molecule has 10 heteroatoms. The molecule has 1 aromatic carbocycles. The van der Waals surface area contributed by atoms with Gasteiger partial charge in [0.25, 0.3) is 0 Å². The van der Waals surface area contributed by atoms with Crippen molar-refractivity contribution in [2.45, 2.75) is 44.4 Å². The van der Waals surface area contributed by atoms with E-state index in [0.29, 0.717) is 45.7 Å². The smallest absolute Gasteiger partial charge is 0.367 e. The highest BCUT2D eigenvalue weighted by atomic mass is 32.1. The molecule has 1 aliphatic heterocycles. The maximum Gasteiger partial charge on any atom is 0.393 e. The molecule has 3 heterocycles. The fourth-order valence-corrected chi connectivity index (χ4v) is 5.61. The van der Waals surface area contributed by atoms with E-state index in [-0.39, 0.29) is 16.7 Å². The quantitative estimate of drug-likeness (QED) is 0.483. The Balaban J connectivity index is 1.22. The van der Waals surface area contributed by atoms with Gasteiger partial charge in [0.1, 0.15) is 22.8 Å². The first-order valence-electron chi connectivity index (χ1n) is 11.0. The third kappa shape index (κ3) is 4.76. The zero-order valence-corrected chi connectivity index (χ0v) is 18.9. The lowest BCUT2D eigenvalue weighted by Crippen LogP contribution is -2.39. The Morgan fingerprint density at radius 3 is 2.74 bits per heavy atom. The summed E-state index contributed by atoms with van der Waals surface area (Å²) < 4.78 is 53.3. The Hall–Kier alpha value is -3.03. The van der Waals surface area contributed by atoms with Gasteiger partial charge in [-0.2, -0.15) is 18.4 Å². The number of aromatic nitrogens is 2. The van der Waals surface area contributed by atoms with Crippen molar-refractivity contribution in [1.82, 2.24) is 14.9 Å². The Bertz CT molecular complexity index is 1300. The van der Waals surface area contributed by atoms with Crippen LogP contribution < -0.4 is 5.32 Å². The van der Waals surface area contributed by atoms with Crippen LogP contribution in [0.15, 0.2) is 30.1 Å². The summed E-state index contributed by atoms with van der Waals surface area (Å²) in [7, 11) is 0. The van der Waals surface area contributed by atoms with E-state index < -0.39 is 12.6 Å². The average molecular weight is 488 g/mol. The summed E-state index contributed by atoms with van der Waals surface area (Å²) in [6.07, 6.45) is -0.141. The van der Waals surface area contributed by atoms with Crippen LogP contribution in [0, 0.1) is 17.1 Å². The number of rotatable bonds is 5. The van der Waals surface area contributed by atoms with E-state index in [1.807, 2.05) is 6.07 Å². The molecule has 176 valence electrons. The van der Waals surface area contributed by atoms with Crippen molar-refractivity contribution in [3.8, 4) is 6.07 Å². The Kier molecular flexibility index (Phi) is 6.00. The summed E-state index contributed by atoms with van der Waals surface area (Å²) >= 11 is 1.04. The number of benzene rings is 1. The number of hydrogen-bond donors (Lipinski definition) is 1. The predicted octanol–water partition coefficient (Wildman–Crippen LogP) is 5.47. The van der Waals surface area contributed by atoms with E-state index in [2.05, 4.69) is 26.3 Å². The van der Waals surface area contributed by atoms with Crippen LogP contribution in [0.1, 0.15) is 34.4 Å². The number of halogens is 4. The molecule has 0 atom stereocenters. The van der Waals surface area contributed by atoms with Gasteiger partial charge in [0.2, 0.25) is 0 Å². The van der Waals surface area contributed by atoms with E-state index in [9.17, 15) is 17.6 Å². The fourth-order valence-electron chi connectivity index (χ4n) is 4.59. The summed E-state index contributed by atoms with van der Waals surface area (Å²) in [6, 6.07) is 7.45. The highest BCUT2D eigenvalue weighted by Gasteiger charge is 2.29. The summed E-state index contributed by atoms with van der Waals surface area (Å²) in [5, 5.41) is 13.1. The molecule has 0 spiro atoms. The standard InChI is InChI=1S/C24H21F4N5S/c25-21-16(2-1-15-7-14(11-29)8-19(15)21)12-33-5-3-17(4-6-33)32-22-20-9-18(10-24(26,27)28)34-23(20)31-13-30-22/h1-2,8-9,13,17H,3-7,10,12H2,(H,30,31,32). The van der Waals surface area contributed by atoms with E-state index in [1.165, 1.54) is 12.4 Å². The molecule has 1 N–H and O–H groups in total. The minimum atomic E-state index is -4.26. The number of hydrogen-bond acceptors (Lipinski definition) is 6. The molecule has 0 radical (unpaired) electrons. The zero-order valence-electron chi connectivity index (χ0n) is 18.1. The number of allylic oxidation sites excluding steroid dienone is 1. The van der Waals surface area contributed by atoms with Crippen LogP contribution in [-0.2, 0) is 19.4 Å². The molecule has 0 unspecified atom stereocenters. The number of anilines is 1. The van der Waals surface area contributed by atoms with Gasteiger partial charge >= 0.3 is 6.18 Å². The van der Waals surface area contributed by atoms with Crippen LogP contribution in [0.3, 0.4) is 0 Å². The van der Waals surface area contributed by atoms with Gasteiger partial charge in [-0.05, 0) is 30.5 Å². The van der Waals surface area contributed by atoms with Gasteiger partial charge in [0.05, 0.1) is 17.9 Å². The van der Waals surface area contributed by atoms with Crippen molar-refractivity contribution in [1.29, 1.82) is 5.26 Å². The first-order chi connectivity index (χ1) is 16.3. The molecule has 3 aromatic rings. The molecule has 2 aromatic heterocycles. The number of piperidine rings is 1. The third-order valence-corrected chi connectivity index (χ3v) is 7.31. The highest BCUT2D eigenvalue weighted by molar-refractivity contribution is 7.18. The van der Waals surface area contributed by atoms with Gasteiger partial charge in [-0.3, -0.25) is 4.90 Å². The maximum atomic E-state index is 15.0. The van der Waals surface area contributed by atoms with Gasteiger partial charge in [-0.25, -0.2) is 14.4 Å². The Morgan fingerprint density at radius 1 is 1.21 bits per heavy atom. The molecule has 0 saturated carbocycles. The van der Waals surface area contributed by atoms with Crippen LogP contribution in [0.25, 0.3) is 16.3 Å². The number of nitrogens with zero attached hydrogens (tertiary/aromatic N) is 4. The van der Waals surface area contributed by atoms with Crippen molar-refractivity contribution in [3.05, 3.63) is 57.5 Å². The summed E-state index contributed by atoms with van der Waals surface area (Å²) in [6.45, 7) is 2.00. The lowest BCUT2D eigenvalue weighted by atomic mass is 10.0. The molecule has 1 aliphatic carbocycles. The molecule has 34 heavy (non-hydrogen) atoms. The molecule has 0 amide bonds. The molecular formula is C24H21F4N5S. The van der Waals surface area contributed by atoms with Gasteiger partial charge in [0, 0.05) is 53.7 Å². The number of likely N-dealkylation sites (tertiary alicyclic amines) is 1. The monoisotopic (exact) mass is 487 g/mol. The zero-order chi connectivity index (χ0) is 23.9. The Morgan fingerprint density at radius 2 is 2.00 bits per heavy atom. The van der Waals surface area contributed by atoms with E-state index in [1.54, 1.807) is 12.1 Å². The normalized spacial score (nSPS) is 17.0. The molecule has 5 rings (SSSR count). The number of fused-ring (bicyclic) bond motifs is 2. The molecule has 1 saturated heterocycles. The predicted molar refractivity (Wildman–Crippen MR) is 123 cm³/mol. The first-order valence-corrected chi connectivity index (χ1v) is 11.8. The van der Waals surface area contributed by atoms with E-state index >= 15 is 0 Å². The van der Waals surface area contributed by atoms with Crippen molar-refractivity contribution in [2.75, 3.05) is 18.4 Å². The van der Waals surface area contributed by atoms with Crippen LogP contribution in [-0.4, -0.2) is 40.2 Å². The highest BCUT2D eigenvalue weighted by Crippen LogP contribution is 2.33. The van der Waals surface area contributed by atoms with Gasteiger partial charge in [-0.1, -0.05) is 12.1 Å². The van der Waals surface area contributed by atoms with Crippen molar-refractivity contribution in [2.24, 2.45) is 0 Å². The van der Waals surface area contributed by atoms with Gasteiger partial charge in [0.15, 0.2) is 0 Å². The lowest BCUT2D eigenvalue weighted by Gasteiger charge is -2.32. The fraction of sp³-hybridized carbons (Fsp3) is 0.375. The molecule has 0 bridgehead atoms. The van der Waals surface area contributed by atoms with Crippen molar-refractivity contribution in [3.63, 3.8) is 0 Å². The minimum absolute atomic E-state index is 0.117. The van der Waals surface area contributed by atoms with Crippen molar-refractivity contribution < 1.29 is 17.6 Å². The van der Waals surface area contributed by atoms with Crippen LogP contribution in [0.2, 0.25) is 0 Å². The number of nitriles is 1. The lowest BCUT2D eigenvalue weighted by molar-refractivity contribution is -0.126. The molecular weight excluding hydrogens is 466 g/mol. The minimum Gasteiger partial charge on any atom is -0.367 e. The largest absolute Gasteiger partial charge is 0.393 e.